The van der Waals surface area contributed by atoms with Crippen LogP contribution >= 0.6 is 11.6 Å². The molecule has 0 bridgehead atoms. The van der Waals surface area contributed by atoms with Crippen molar-refractivity contribution < 1.29 is 13.2 Å². The fourth-order valence-electron chi connectivity index (χ4n) is 3.47. The molecule has 0 aliphatic carbocycles. The van der Waals surface area contributed by atoms with Gasteiger partial charge in [0.1, 0.15) is 0 Å². The zero-order valence-corrected chi connectivity index (χ0v) is 18.2. The Bertz CT molecular complexity index is 925. The molecule has 156 valence electrons. The number of piperazine rings is 1. The average Bonchev–Trinajstić information content (AvgIpc) is 2.69. The molecule has 0 unspecified atom stereocenters. The number of para-hydroxylation sites is 1. The molecule has 3 rings (SSSR count). The Morgan fingerprint density at radius 1 is 1.00 bits per heavy atom. The quantitative estimate of drug-likeness (QED) is 0.699. The lowest BCUT2D eigenvalue weighted by atomic mass is 10.2. The van der Waals surface area contributed by atoms with Crippen LogP contribution in [0.2, 0.25) is 5.02 Å². The van der Waals surface area contributed by atoms with Crippen LogP contribution in [0.3, 0.4) is 0 Å². The second kappa shape index (κ2) is 9.26. The van der Waals surface area contributed by atoms with Crippen molar-refractivity contribution >= 4 is 33.2 Å². The molecule has 1 fully saturated rings. The van der Waals surface area contributed by atoms with Crippen molar-refractivity contribution in [1.82, 2.24) is 9.21 Å². The van der Waals surface area contributed by atoms with Crippen LogP contribution < -0.4 is 4.90 Å². The molecule has 8 heteroatoms. The maximum atomic E-state index is 12.9. The minimum absolute atomic E-state index is 0.0141. The summed E-state index contributed by atoms with van der Waals surface area (Å²) in [4.78, 5) is 17.0. The number of carbonyl (C=O) groups excluding carboxylic acids is 1. The van der Waals surface area contributed by atoms with Crippen LogP contribution in [0.1, 0.15) is 13.8 Å². The van der Waals surface area contributed by atoms with E-state index in [4.69, 9.17) is 11.6 Å². The van der Waals surface area contributed by atoms with E-state index < -0.39 is 10.0 Å². The third kappa shape index (κ3) is 5.17. The van der Waals surface area contributed by atoms with E-state index in [9.17, 15) is 13.2 Å². The van der Waals surface area contributed by atoms with E-state index in [0.29, 0.717) is 31.2 Å². The number of amides is 1. The smallest absolute Gasteiger partial charge is 0.243 e. The topological polar surface area (TPSA) is 60.9 Å². The number of hydrogen-bond acceptors (Lipinski definition) is 4. The summed E-state index contributed by atoms with van der Waals surface area (Å²) >= 11 is 5.86. The lowest BCUT2D eigenvalue weighted by Gasteiger charge is -2.35. The van der Waals surface area contributed by atoms with Crippen molar-refractivity contribution in [2.45, 2.75) is 24.8 Å². The first-order chi connectivity index (χ1) is 13.8. The summed E-state index contributed by atoms with van der Waals surface area (Å²) < 4.78 is 27.1. The highest BCUT2D eigenvalue weighted by Crippen LogP contribution is 2.21. The van der Waals surface area contributed by atoms with E-state index in [-0.39, 0.29) is 23.4 Å². The molecule has 1 aliphatic heterocycles. The number of benzene rings is 2. The molecule has 0 radical (unpaired) electrons. The number of hydrogen-bond donors (Lipinski definition) is 0. The summed E-state index contributed by atoms with van der Waals surface area (Å²) in [6.45, 7) is 5.97. The minimum Gasteiger partial charge on any atom is -0.309 e. The van der Waals surface area contributed by atoms with Crippen LogP contribution in [0, 0.1) is 0 Å². The van der Waals surface area contributed by atoms with E-state index in [1.165, 1.54) is 16.4 Å². The highest BCUT2D eigenvalue weighted by molar-refractivity contribution is 7.89. The highest BCUT2D eigenvalue weighted by atomic mass is 35.5. The van der Waals surface area contributed by atoms with Crippen molar-refractivity contribution in [3.8, 4) is 0 Å². The van der Waals surface area contributed by atoms with Gasteiger partial charge in [0.05, 0.1) is 11.4 Å². The Hall–Kier alpha value is -1.93. The molecule has 29 heavy (non-hydrogen) atoms. The molecule has 0 saturated carbocycles. The van der Waals surface area contributed by atoms with Gasteiger partial charge < -0.3 is 4.90 Å². The van der Waals surface area contributed by atoms with Gasteiger partial charge in [0.2, 0.25) is 15.9 Å². The first-order valence-corrected chi connectivity index (χ1v) is 11.5. The Kier molecular flexibility index (Phi) is 6.95. The summed E-state index contributed by atoms with van der Waals surface area (Å²) in [6, 6.07) is 15.8. The Morgan fingerprint density at radius 3 is 2.14 bits per heavy atom. The predicted molar refractivity (Wildman–Crippen MR) is 116 cm³/mol. The molecule has 1 saturated heterocycles. The fraction of sp³-hybridized carbons (Fsp3) is 0.381. The molecule has 0 N–H and O–H groups in total. The maximum Gasteiger partial charge on any atom is 0.243 e. The third-order valence-corrected chi connectivity index (χ3v) is 7.13. The van der Waals surface area contributed by atoms with Crippen molar-refractivity contribution in [2.24, 2.45) is 0 Å². The van der Waals surface area contributed by atoms with Crippen molar-refractivity contribution in [2.75, 3.05) is 37.6 Å². The zero-order chi connectivity index (χ0) is 21.0. The van der Waals surface area contributed by atoms with Gasteiger partial charge in [-0.2, -0.15) is 4.31 Å². The number of sulfonamides is 1. The lowest BCUT2D eigenvalue weighted by Crippen LogP contribution is -2.52. The molecule has 0 spiro atoms. The lowest BCUT2D eigenvalue weighted by molar-refractivity contribution is -0.120. The summed E-state index contributed by atoms with van der Waals surface area (Å²) in [5.41, 5.74) is 0.872. The number of nitrogens with zero attached hydrogens (tertiary/aromatic N) is 3. The molecule has 6 nitrogen and oxygen atoms in total. The van der Waals surface area contributed by atoms with Crippen LogP contribution in [-0.2, 0) is 14.8 Å². The standard InChI is InChI=1S/C21H26ClN3O3S/c1-17(2)25(19-6-4-3-5-7-19)21(26)16-23-12-14-24(15-13-23)29(27,28)20-10-8-18(22)9-11-20/h3-11,17H,12-16H2,1-2H3. The second-order valence-corrected chi connectivity index (χ2v) is 9.70. The zero-order valence-electron chi connectivity index (χ0n) is 16.7. The van der Waals surface area contributed by atoms with Gasteiger partial charge >= 0.3 is 0 Å². The predicted octanol–water partition coefficient (Wildman–Crippen LogP) is 3.09. The Morgan fingerprint density at radius 2 is 1.59 bits per heavy atom. The van der Waals surface area contributed by atoms with E-state index in [1.807, 2.05) is 49.1 Å². The summed E-state index contributed by atoms with van der Waals surface area (Å²) in [5, 5.41) is 0.500. The van der Waals surface area contributed by atoms with E-state index >= 15 is 0 Å². The van der Waals surface area contributed by atoms with Crippen molar-refractivity contribution in [3.05, 3.63) is 59.6 Å². The largest absolute Gasteiger partial charge is 0.309 e. The Labute approximate surface area is 177 Å². The molecule has 0 aromatic heterocycles. The van der Waals surface area contributed by atoms with E-state index in [0.717, 1.165) is 5.69 Å². The van der Waals surface area contributed by atoms with Crippen LogP contribution in [0.5, 0.6) is 0 Å². The number of carbonyl (C=O) groups is 1. The second-order valence-electron chi connectivity index (χ2n) is 7.33. The van der Waals surface area contributed by atoms with Gasteiger partial charge in [-0.05, 0) is 50.2 Å². The van der Waals surface area contributed by atoms with Gasteiger partial charge in [0, 0.05) is 42.9 Å². The number of anilines is 1. The fourth-order valence-corrected chi connectivity index (χ4v) is 5.02. The summed E-state index contributed by atoms with van der Waals surface area (Å²) in [6.07, 6.45) is 0. The SMILES string of the molecule is CC(C)N(C(=O)CN1CCN(S(=O)(=O)c2ccc(Cl)cc2)CC1)c1ccccc1. The Balaban J connectivity index is 1.62. The van der Waals surface area contributed by atoms with E-state index in [2.05, 4.69) is 0 Å². The number of rotatable bonds is 6. The first kappa shape index (κ1) is 21.8. The highest BCUT2D eigenvalue weighted by Gasteiger charge is 2.30. The first-order valence-electron chi connectivity index (χ1n) is 9.64. The molecule has 1 heterocycles. The van der Waals surface area contributed by atoms with Gasteiger partial charge in [-0.15, -0.1) is 0 Å². The monoisotopic (exact) mass is 435 g/mol. The summed E-state index contributed by atoms with van der Waals surface area (Å²) in [5.74, 6) is 0.0141. The van der Waals surface area contributed by atoms with Gasteiger partial charge in [0.15, 0.2) is 0 Å². The molecule has 2 aromatic rings. The van der Waals surface area contributed by atoms with Crippen LogP contribution in [-0.4, -0.2) is 62.3 Å². The van der Waals surface area contributed by atoms with Gasteiger partial charge in [-0.3, -0.25) is 9.69 Å². The normalized spacial score (nSPS) is 16.1. The van der Waals surface area contributed by atoms with Crippen molar-refractivity contribution in [1.29, 1.82) is 0 Å². The van der Waals surface area contributed by atoms with Crippen molar-refractivity contribution in [3.63, 3.8) is 0 Å². The van der Waals surface area contributed by atoms with Crippen LogP contribution in [0.4, 0.5) is 5.69 Å². The molecule has 1 amide bonds. The van der Waals surface area contributed by atoms with Crippen LogP contribution in [0.15, 0.2) is 59.5 Å². The molecule has 0 atom stereocenters. The third-order valence-electron chi connectivity index (χ3n) is 4.96. The van der Waals surface area contributed by atoms with Crippen LogP contribution in [0.25, 0.3) is 0 Å². The summed E-state index contributed by atoms with van der Waals surface area (Å²) in [7, 11) is -3.55. The molecular formula is C21H26ClN3O3S. The average molecular weight is 436 g/mol. The molecule has 2 aromatic carbocycles. The minimum atomic E-state index is -3.55. The van der Waals surface area contributed by atoms with E-state index in [1.54, 1.807) is 17.0 Å². The van der Waals surface area contributed by atoms with Gasteiger partial charge in [-0.25, -0.2) is 8.42 Å². The number of halogens is 1. The molecule has 1 aliphatic rings. The van der Waals surface area contributed by atoms with Gasteiger partial charge in [-0.1, -0.05) is 29.8 Å². The van der Waals surface area contributed by atoms with Gasteiger partial charge in [0.25, 0.3) is 0 Å². The molecular weight excluding hydrogens is 410 g/mol. The maximum absolute atomic E-state index is 12.9.